The first-order valence-corrected chi connectivity index (χ1v) is 7.95. The van der Waals surface area contributed by atoms with Crippen LogP contribution in [-0.2, 0) is 6.54 Å². The Hall–Kier alpha value is -2.73. The number of rotatable bonds is 6. The number of nitrogens with zero attached hydrogens (tertiary/aromatic N) is 3. The van der Waals surface area contributed by atoms with Gasteiger partial charge in [-0.25, -0.2) is 9.67 Å². The number of benzene rings is 2. The second-order valence-corrected chi connectivity index (χ2v) is 5.66. The molecule has 3 N–H and O–H groups in total. The first-order chi connectivity index (χ1) is 11.7. The van der Waals surface area contributed by atoms with Gasteiger partial charge < -0.3 is 15.8 Å². The van der Waals surface area contributed by atoms with Crippen molar-refractivity contribution in [2.75, 3.05) is 17.6 Å². The van der Waals surface area contributed by atoms with Crippen LogP contribution in [0.25, 0.3) is 0 Å². The van der Waals surface area contributed by atoms with Crippen molar-refractivity contribution in [2.45, 2.75) is 13.5 Å². The molecule has 0 saturated heterocycles. The van der Waals surface area contributed by atoms with Gasteiger partial charge >= 0.3 is 0 Å². The maximum Gasteiger partial charge on any atom is 0.137 e. The van der Waals surface area contributed by atoms with E-state index in [4.69, 9.17) is 22.1 Å². The van der Waals surface area contributed by atoms with Crippen LogP contribution in [0.1, 0.15) is 12.5 Å². The van der Waals surface area contributed by atoms with E-state index in [-0.39, 0.29) is 0 Å². The molecular formula is C17H18ClN5O. The summed E-state index contributed by atoms with van der Waals surface area (Å²) in [7, 11) is 0. The number of nitrogens with two attached hydrogens (primary N) is 1. The number of nitrogens with one attached hydrogen (secondary N) is 1. The fourth-order valence-corrected chi connectivity index (χ4v) is 2.52. The molecule has 0 radical (unpaired) electrons. The second-order valence-electron chi connectivity index (χ2n) is 5.23. The molecule has 0 atom stereocenters. The fourth-order valence-electron chi connectivity index (χ4n) is 2.33. The Morgan fingerprint density at radius 2 is 2.12 bits per heavy atom. The molecule has 0 saturated carbocycles. The van der Waals surface area contributed by atoms with Crippen LogP contribution in [0.3, 0.4) is 0 Å². The third-order valence-corrected chi connectivity index (χ3v) is 3.68. The Bertz CT molecular complexity index is 820. The Labute approximate surface area is 145 Å². The van der Waals surface area contributed by atoms with Gasteiger partial charge in [-0.3, -0.25) is 0 Å². The lowest BCUT2D eigenvalue weighted by Crippen LogP contribution is -2.03. The average Bonchev–Trinajstić information content (AvgIpc) is 3.06. The molecule has 0 fully saturated rings. The van der Waals surface area contributed by atoms with Crippen LogP contribution in [0, 0.1) is 0 Å². The highest BCUT2D eigenvalue weighted by Gasteiger charge is 2.09. The molecule has 7 heteroatoms. The van der Waals surface area contributed by atoms with E-state index in [2.05, 4.69) is 15.4 Å². The quantitative estimate of drug-likeness (QED) is 0.666. The molecule has 0 aliphatic rings. The number of nitrogen functional groups attached to an aromatic ring is 1. The smallest absolute Gasteiger partial charge is 0.137 e. The van der Waals surface area contributed by atoms with E-state index in [1.54, 1.807) is 17.1 Å². The molecular weight excluding hydrogens is 326 g/mol. The zero-order chi connectivity index (χ0) is 16.9. The number of ether oxygens (including phenoxy) is 1. The Morgan fingerprint density at radius 3 is 2.88 bits per heavy atom. The van der Waals surface area contributed by atoms with Crippen molar-refractivity contribution in [2.24, 2.45) is 0 Å². The molecule has 0 unspecified atom stereocenters. The van der Waals surface area contributed by atoms with Crippen LogP contribution in [0.4, 0.5) is 11.4 Å². The van der Waals surface area contributed by atoms with Gasteiger partial charge in [0.05, 0.1) is 17.9 Å². The Morgan fingerprint density at radius 1 is 1.25 bits per heavy atom. The summed E-state index contributed by atoms with van der Waals surface area (Å²) in [6.07, 6.45) is 3.14. The minimum Gasteiger partial charge on any atom is -0.457 e. The lowest BCUT2D eigenvalue weighted by molar-refractivity contribution is 0.472. The van der Waals surface area contributed by atoms with Gasteiger partial charge in [0.25, 0.3) is 0 Å². The van der Waals surface area contributed by atoms with Crippen molar-refractivity contribution in [3.8, 4) is 11.5 Å². The van der Waals surface area contributed by atoms with Crippen molar-refractivity contribution in [3.05, 3.63) is 59.6 Å². The fraction of sp³-hybridized carbons (Fsp3) is 0.176. The van der Waals surface area contributed by atoms with Gasteiger partial charge in [0, 0.05) is 23.2 Å². The maximum atomic E-state index is 6.12. The largest absolute Gasteiger partial charge is 0.457 e. The SMILES string of the molecule is CCNc1cc(Oc2ccc(Cl)cc2Cn2cncn2)ccc1N. The molecule has 0 aliphatic carbocycles. The molecule has 24 heavy (non-hydrogen) atoms. The normalized spacial score (nSPS) is 10.6. The average molecular weight is 344 g/mol. The number of halogens is 1. The molecule has 3 rings (SSSR count). The van der Waals surface area contributed by atoms with E-state index in [1.165, 1.54) is 6.33 Å². The van der Waals surface area contributed by atoms with Crippen molar-refractivity contribution >= 4 is 23.0 Å². The Balaban J connectivity index is 1.88. The standard InChI is InChI=1S/C17H18ClN5O/c1-2-21-16-8-14(4-5-15(16)19)24-17-6-3-13(18)7-12(17)9-23-11-20-10-22-23/h3-8,10-11,21H,2,9,19H2,1H3. The molecule has 3 aromatic rings. The molecule has 1 heterocycles. The predicted octanol–water partition coefficient (Wildman–Crippen LogP) is 3.79. The van der Waals surface area contributed by atoms with Gasteiger partial charge in [-0.2, -0.15) is 5.10 Å². The summed E-state index contributed by atoms with van der Waals surface area (Å²) < 4.78 is 7.75. The van der Waals surface area contributed by atoms with Gasteiger partial charge in [0.1, 0.15) is 24.2 Å². The zero-order valence-electron chi connectivity index (χ0n) is 13.2. The van der Waals surface area contributed by atoms with E-state index in [0.29, 0.717) is 28.8 Å². The van der Waals surface area contributed by atoms with E-state index >= 15 is 0 Å². The van der Waals surface area contributed by atoms with Gasteiger partial charge in [0.15, 0.2) is 0 Å². The lowest BCUT2D eigenvalue weighted by atomic mass is 10.2. The summed E-state index contributed by atoms with van der Waals surface area (Å²) in [6.45, 7) is 3.32. The van der Waals surface area contributed by atoms with Crippen molar-refractivity contribution in [3.63, 3.8) is 0 Å². The van der Waals surface area contributed by atoms with Gasteiger partial charge in [-0.05, 0) is 37.3 Å². The maximum absolute atomic E-state index is 6.12. The zero-order valence-corrected chi connectivity index (χ0v) is 14.0. The van der Waals surface area contributed by atoms with Crippen molar-refractivity contribution in [1.82, 2.24) is 14.8 Å². The highest BCUT2D eigenvalue weighted by molar-refractivity contribution is 6.30. The van der Waals surface area contributed by atoms with Crippen molar-refractivity contribution < 1.29 is 4.74 Å². The van der Waals surface area contributed by atoms with Gasteiger partial charge in [-0.1, -0.05) is 11.6 Å². The molecule has 124 valence electrons. The van der Waals surface area contributed by atoms with Crippen LogP contribution < -0.4 is 15.8 Å². The Kier molecular flexibility index (Phi) is 4.86. The summed E-state index contributed by atoms with van der Waals surface area (Å²) in [4.78, 5) is 3.95. The van der Waals surface area contributed by atoms with Crippen LogP contribution in [0.15, 0.2) is 49.1 Å². The predicted molar refractivity (Wildman–Crippen MR) is 95.7 cm³/mol. The summed E-state index contributed by atoms with van der Waals surface area (Å²) in [5.41, 5.74) is 8.40. The minimum atomic E-state index is 0.519. The number of aromatic nitrogens is 3. The molecule has 0 bridgehead atoms. The van der Waals surface area contributed by atoms with Gasteiger partial charge in [0.2, 0.25) is 0 Å². The first kappa shape index (κ1) is 16.1. The summed E-state index contributed by atoms with van der Waals surface area (Å²) in [6, 6.07) is 11.0. The number of hydrogen-bond donors (Lipinski definition) is 2. The minimum absolute atomic E-state index is 0.519. The van der Waals surface area contributed by atoms with Gasteiger partial charge in [-0.15, -0.1) is 0 Å². The highest BCUT2D eigenvalue weighted by Crippen LogP contribution is 2.31. The summed E-state index contributed by atoms with van der Waals surface area (Å²) in [5.74, 6) is 1.41. The second kappa shape index (κ2) is 7.23. The van der Waals surface area contributed by atoms with E-state index in [9.17, 15) is 0 Å². The van der Waals surface area contributed by atoms with Crippen LogP contribution >= 0.6 is 11.6 Å². The number of hydrogen-bond acceptors (Lipinski definition) is 5. The summed E-state index contributed by atoms with van der Waals surface area (Å²) >= 11 is 6.12. The molecule has 6 nitrogen and oxygen atoms in total. The monoisotopic (exact) mass is 343 g/mol. The third-order valence-electron chi connectivity index (χ3n) is 3.44. The molecule has 2 aromatic carbocycles. The summed E-state index contributed by atoms with van der Waals surface area (Å²) in [5, 5.41) is 7.98. The van der Waals surface area contributed by atoms with Crippen LogP contribution in [0.2, 0.25) is 5.02 Å². The number of anilines is 2. The molecule has 0 amide bonds. The van der Waals surface area contributed by atoms with E-state index in [0.717, 1.165) is 17.8 Å². The topological polar surface area (TPSA) is 78.0 Å². The molecule has 0 aliphatic heterocycles. The highest BCUT2D eigenvalue weighted by atomic mass is 35.5. The lowest BCUT2D eigenvalue weighted by Gasteiger charge is -2.14. The molecule has 0 spiro atoms. The van der Waals surface area contributed by atoms with E-state index < -0.39 is 0 Å². The van der Waals surface area contributed by atoms with E-state index in [1.807, 2.05) is 37.3 Å². The third kappa shape index (κ3) is 3.78. The van der Waals surface area contributed by atoms with Crippen molar-refractivity contribution in [1.29, 1.82) is 0 Å². The van der Waals surface area contributed by atoms with Crippen LogP contribution in [-0.4, -0.2) is 21.3 Å². The molecule has 1 aromatic heterocycles. The first-order valence-electron chi connectivity index (χ1n) is 7.58. The van der Waals surface area contributed by atoms with Crippen LogP contribution in [0.5, 0.6) is 11.5 Å².